The van der Waals surface area contributed by atoms with E-state index in [1.807, 2.05) is 0 Å². The molecule has 0 bridgehead atoms. The lowest BCUT2D eigenvalue weighted by molar-refractivity contribution is 0.0981. The van der Waals surface area contributed by atoms with Crippen molar-refractivity contribution in [3.8, 4) is 5.75 Å². The number of hydrogen-bond acceptors (Lipinski definition) is 3. The van der Waals surface area contributed by atoms with E-state index in [-0.39, 0.29) is 0 Å². The van der Waals surface area contributed by atoms with E-state index in [2.05, 4.69) is 29.6 Å². The van der Waals surface area contributed by atoms with Crippen LogP contribution >= 0.6 is 0 Å². The highest BCUT2D eigenvalue weighted by Crippen LogP contribution is 2.23. The van der Waals surface area contributed by atoms with Crippen LogP contribution in [0.3, 0.4) is 0 Å². The Kier molecular flexibility index (Phi) is 4.93. The monoisotopic (exact) mass is 275 g/mol. The fourth-order valence-electron chi connectivity index (χ4n) is 2.70. The molecule has 3 heteroatoms. The van der Waals surface area contributed by atoms with E-state index in [0.29, 0.717) is 6.10 Å². The van der Waals surface area contributed by atoms with Gasteiger partial charge < -0.3 is 14.8 Å². The lowest BCUT2D eigenvalue weighted by atomic mass is 10.1. The molecule has 1 aromatic rings. The van der Waals surface area contributed by atoms with Crippen LogP contribution in [0.5, 0.6) is 5.75 Å². The first-order valence-corrected chi connectivity index (χ1v) is 7.97. The fraction of sp³-hybridized carbons (Fsp3) is 0.647. The van der Waals surface area contributed by atoms with E-state index in [0.717, 1.165) is 44.4 Å². The van der Waals surface area contributed by atoms with Gasteiger partial charge in [0.2, 0.25) is 0 Å². The summed E-state index contributed by atoms with van der Waals surface area (Å²) in [5.41, 5.74) is 1.27. The molecule has 2 fully saturated rings. The summed E-state index contributed by atoms with van der Waals surface area (Å²) >= 11 is 0. The highest BCUT2D eigenvalue weighted by Gasteiger charge is 2.20. The number of para-hydroxylation sites is 1. The molecule has 20 heavy (non-hydrogen) atoms. The maximum atomic E-state index is 5.95. The smallest absolute Gasteiger partial charge is 0.123 e. The van der Waals surface area contributed by atoms with Crippen molar-refractivity contribution in [2.75, 3.05) is 13.2 Å². The zero-order chi connectivity index (χ0) is 13.6. The first-order valence-electron chi connectivity index (χ1n) is 7.97. The van der Waals surface area contributed by atoms with Gasteiger partial charge in [0.1, 0.15) is 5.75 Å². The van der Waals surface area contributed by atoms with Crippen LogP contribution in [0.15, 0.2) is 24.3 Å². The van der Waals surface area contributed by atoms with E-state index < -0.39 is 0 Å². The van der Waals surface area contributed by atoms with E-state index >= 15 is 0 Å². The van der Waals surface area contributed by atoms with Gasteiger partial charge >= 0.3 is 0 Å². The van der Waals surface area contributed by atoms with E-state index in [4.69, 9.17) is 9.47 Å². The molecule has 2 aliphatic rings. The maximum Gasteiger partial charge on any atom is 0.123 e. The molecule has 1 atom stereocenters. The predicted molar refractivity (Wildman–Crippen MR) is 80.0 cm³/mol. The highest BCUT2D eigenvalue weighted by molar-refractivity contribution is 5.33. The summed E-state index contributed by atoms with van der Waals surface area (Å²) in [4.78, 5) is 0. The van der Waals surface area contributed by atoms with Gasteiger partial charge in [-0.25, -0.2) is 0 Å². The molecule has 1 aliphatic carbocycles. The molecule has 3 rings (SSSR count). The van der Waals surface area contributed by atoms with Gasteiger partial charge in [0.25, 0.3) is 0 Å². The number of ether oxygens (including phenoxy) is 2. The number of hydrogen-bond donors (Lipinski definition) is 1. The van der Waals surface area contributed by atoms with Gasteiger partial charge in [0.05, 0.1) is 12.7 Å². The summed E-state index contributed by atoms with van der Waals surface area (Å²) in [7, 11) is 0. The number of rotatable bonds is 8. The second-order valence-electron chi connectivity index (χ2n) is 5.89. The first kappa shape index (κ1) is 13.9. The van der Waals surface area contributed by atoms with Crippen LogP contribution < -0.4 is 10.1 Å². The molecule has 1 N–H and O–H groups in total. The average molecular weight is 275 g/mol. The standard InChI is InChI=1S/C17H25NO2/c1-2-8-17(14(5-1)13-18-15-9-10-15)20-12-4-7-16-6-3-11-19-16/h1-2,5,8,15-16,18H,3-4,6-7,9-13H2. The molecule has 0 spiro atoms. The molecule has 1 heterocycles. The molecule has 1 unspecified atom stereocenters. The molecule has 0 aromatic heterocycles. The molecule has 0 radical (unpaired) electrons. The minimum Gasteiger partial charge on any atom is -0.493 e. The quantitative estimate of drug-likeness (QED) is 0.739. The van der Waals surface area contributed by atoms with Crippen LogP contribution in [0.4, 0.5) is 0 Å². The zero-order valence-corrected chi connectivity index (χ0v) is 12.1. The van der Waals surface area contributed by atoms with Crippen LogP contribution in [0, 0.1) is 0 Å². The molecule has 0 amide bonds. The highest BCUT2D eigenvalue weighted by atomic mass is 16.5. The lowest BCUT2D eigenvalue weighted by Crippen LogP contribution is -2.16. The lowest BCUT2D eigenvalue weighted by Gasteiger charge is -2.13. The summed E-state index contributed by atoms with van der Waals surface area (Å²) in [5, 5.41) is 3.55. The van der Waals surface area contributed by atoms with Crippen LogP contribution in [0.1, 0.15) is 44.1 Å². The second-order valence-corrected chi connectivity index (χ2v) is 5.89. The van der Waals surface area contributed by atoms with E-state index in [1.165, 1.54) is 31.2 Å². The van der Waals surface area contributed by atoms with Crippen molar-refractivity contribution >= 4 is 0 Å². The molecule has 1 saturated carbocycles. The van der Waals surface area contributed by atoms with Crippen LogP contribution in [-0.2, 0) is 11.3 Å². The Bertz CT molecular complexity index is 411. The third kappa shape index (κ3) is 4.22. The number of benzene rings is 1. The van der Waals surface area contributed by atoms with E-state index in [9.17, 15) is 0 Å². The van der Waals surface area contributed by atoms with Crippen molar-refractivity contribution in [1.29, 1.82) is 0 Å². The van der Waals surface area contributed by atoms with Crippen molar-refractivity contribution in [3.05, 3.63) is 29.8 Å². The van der Waals surface area contributed by atoms with E-state index in [1.54, 1.807) is 0 Å². The normalized spacial score (nSPS) is 22.1. The van der Waals surface area contributed by atoms with Crippen LogP contribution in [0.2, 0.25) is 0 Å². The third-order valence-electron chi connectivity index (χ3n) is 4.08. The molecule has 1 saturated heterocycles. The molecule has 1 aromatic carbocycles. The fourth-order valence-corrected chi connectivity index (χ4v) is 2.70. The molecular weight excluding hydrogens is 250 g/mol. The third-order valence-corrected chi connectivity index (χ3v) is 4.08. The van der Waals surface area contributed by atoms with Gasteiger partial charge in [-0.05, 0) is 44.6 Å². The summed E-state index contributed by atoms with van der Waals surface area (Å²) in [6.07, 6.45) is 7.78. The second kappa shape index (κ2) is 7.09. The summed E-state index contributed by atoms with van der Waals surface area (Å²) in [6.45, 7) is 2.66. The molecule has 110 valence electrons. The number of nitrogens with one attached hydrogen (secondary N) is 1. The minimum absolute atomic E-state index is 0.477. The van der Waals surface area contributed by atoms with Crippen molar-refractivity contribution in [2.45, 2.75) is 57.2 Å². The Labute approximate surface area is 121 Å². The minimum atomic E-state index is 0.477. The van der Waals surface area contributed by atoms with Gasteiger partial charge in [-0.2, -0.15) is 0 Å². The van der Waals surface area contributed by atoms with Crippen molar-refractivity contribution in [2.24, 2.45) is 0 Å². The molecular formula is C17H25NO2. The SMILES string of the molecule is c1ccc(OCCCC2CCCO2)c(CNC2CC2)c1. The van der Waals surface area contributed by atoms with Crippen molar-refractivity contribution < 1.29 is 9.47 Å². The Morgan fingerprint density at radius 1 is 1.20 bits per heavy atom. The van der Waals surface area contributed by atoms with Gasteiger partial charge in [0.15, 0.2) is 0 Å². The van der Waals surface area contributed by atoms with Crippen LogP contribution in [-0.4, -0.2) is 25.4 Å². The topological polar surface area (TPSA) is 30.5 Å². The van der Waals surface area contributed by atoms with Gasteiger partial charge in [0, 0.05) is 24.8 Å². The Morgan fingerprint density at radius 3 is 2.90 bits per heavy atom. The average Bonchev–Trinajstić information content (AvgIpc) is 3.17. The summed E-state index contributed by atoms with van der Waals surface area (Å²) in [6, 6.07) is 9.11. The van der Waals surface area contributed by atoms with Crippen molar-refractivity contribution in [1.82, 2.24) is 5.32 Å². The van der Waals surface area contributed by atoms with Crippen molar-refractivity contribution in [3.63, 3.8) is 0 Å². The molecule has 3 nitrogen and oxygen atoms in total. The Morgan fingerprint density at radius 2 is 2.10 bits per heavy atom. The largest absolute Gasteiger partial charge is 0.493 e. The first-order chi connectivity index (χ1) is 9.92. The zero-order valence-electron chi connectivity index (χ0n) is 12.1. The Hall–Kier alpha value is -1.06. The predicted octanol–water partition coefficient (Wildman–Crippen LogP) is 3.28. The van der Waals surface area contributed by atoms with Gasteiger partial charge in [-0.3, -0.25) is 0 Å². The summed E-state index contributed by atoms with van der Waals surface area (Å²) < 4.78 is 11.6. The van der Waals surface area contributed by atoms with Gasteiger partial charge in [-0.15, -0.1) is 0 Å². The Balaban J connectivity index is 1.41. The molecule has 1 aliphatic heterocycles. The van der Waals surface area contributed by atoms with Crippen LogP contribution in [0.25, 0.3) is 0 Å². The summed E-state index contributed by atoms with van der Waals surface area (Å²) in [5.74, 6) is 1.04. The van der Waals surface area contributed by atoms with Gasteiger partial charge in [-0.1, -0.05) is 18.2 Å². The maximum absolute atomic E-state index is 5.95.